The van der Waals surface area contributed by atoms with Gasteiger partial charge in [-0.15, -0.1) is 0 Å². The highest BCUT2D eigenvalue weighted by Gasteiger charge is 2.34. The minimum atomic E-state index is -4.47. The normalized spacial score (nSPS) is 12.1. The zero-order valence-electron chi connectivity index (χ0n) is 10.5. The van der Waals surface area contributed by atoms with E-state index in [-0.39, 0.29) is 16.7 Å². The van der Waals surface area contributed by atoms with Gasteiger partial charge in [-0.05, 0) is 23.6 Å². The van der Waals surface area contributed by atoms with E-state index < -0.39 is 11.7 Å². The lowest BCUT2D eigenvalue weighted by Gasteiger charge is -2.22. The standard InChI is InChI=1S/C13H15F3N2/c1-12(2,3)8-18-11-5-4-9(7-17)6-10(11)13(14,15)16/h4-6,18H,8H2,1-3H3. The second-order valence-electron chi connectivity index (χ2n) is 5.28. The number of hydrogen-bond acceptors (Lipinski definition) is 2. The van der Waals surface area contributed by atoms with E-state index in [4.69, 9.17) is 5.26 Å². The van der Waals surface area contributed by atoms with Crippen LogP contribution in [-0.4, -0.2) is 6.54 Å². The van der Waals surface area contributed by atoms with Crippen molar-refractivity contribution in [3.63, 3.8) is 0 Å². The van der Waals surface area contributed by atoms with Crippen molar-refractivity contribution in [3.05, 3.63) is 29.3 Å². The Morgan fingerprint density at radius 2 is 1.83 bits per heavy atom. The highest BCUT2D eigenvalue weighted by atomic mass is 19.4. The van der Waals surface area contributed by atoms with Crippen LogP contribution in [0.4, 0.5) is 18.9 Å². The van der Waals surface area contributed by atoms with Crippen molar-refractivity contribution in [3.8, 4) is 6.07 Å². The summed E-state index contributed by atoms with van der Waals surface area (Å²) in [7, 11) is 0. The molecular weight excluding hydrogens is 241 g/mol. The number of benzene rings is 1. The fourth-order valence-electron chi connectivity index (χ4n) is 1.36. The van der Waals surface area contributed by atoms with Crippen LogP contribution in [0, 0.1) is 16.7 Å². The molecule has 98 valence electrons. The molecule has 0 radical (unpaired) electrons. The topological polar surface area (TPSA) is 35.8 Å². The van der Waals surface area contributed by atoms with E-state index in [0.717, 1.165) is 6.07 Å². The van der Waals surface area contributed by atoms with Gasteiger partial charge in [0.15, 0.2) is 0 Å². The average molecular weight is 256 g/mol. The van der Waals surface area contributed by atoms with Crippen LogP contribution in [-0.2, 0) is 6.18 Å². The van der Waals surface area contributed by atoms with E-state index in [1.807, 2.05) is 20.8 Å². The molecule has 2 nitrogen and oxygen atoms in total. The van der Waals surface area contributed by atoms with E-state index in [2.05, 4.69) is 5.32 Å². The fourth-order valence-corrected chi connectivity index (χ4v) is 1.36. The number of nitrogens with zero attached hydrogens (tertiary/aromatic N) is 1. The maximum Gasteiger partial charge on any atom is 0.418 e. The smallest absolute Gasteiger partial charge is 0.384 e. The van der Waals surface area contributed by atoms with Crippen LogP contribution in [0.2, 0.25) is 0 Å². The summed E-state index contributed by atoms with van der Waals surface area (Å²) in [5, 5.41) is 11.4. The Labute approximate surface area is 104 Å². The molecule has 0 saturated carbocycles. The van der Waals surface area contributed by atoms with E-state index in [9.17, 15) is 13.2 Å². The lowest BCUT2D eigenvalue weighted by Crippen LogP contribution is -2.21. The van der Waals surface area contributed by atoms with Crippen LogP contribution in [0.25, 0.3) is 0 Å². The van der Waals surface area contributed by atoms with Gasteiger partial charge in [-0.25, -0.2) is 0 Å². The molecule has 0 aliphatic carbocycles. The molecule has 0 aliphatic rings. The second-order valence-corrected chi connectivity index (χ2v) is 5.28. The lowest BCUT2D eigenvalue weighted by atomic mass is 9.96. The molecule has 0 bridgehead atoms. The van der Waals surface area contributed by atoms with Crippen molar-refractivity contribution in [2.24, 2.45) is 5.41 Å². The van der Waals surface area contributed by atoms with Gasteiger partial charge in [-0.1, -0.05) is 20.8 Å². The van der Waals surface area contributed by atoms with Crippen LogP contribution in [0.3, 0.4) is 0 Å². The molecule has 0 unspecified atom stereocenters. The van der Waals surface area contributed by atoms with E-state index in [0.29, 0.717) is 6.54 Å². The Bertz CT molecular complexity index is 465. The zero-order chi connectivity index (χ0) is 14.0. The summed E-state index contributed by atoms with van der Waals surface area (Å²) in [6.07, 6.45) is -4.47. The van der Waals surface area contributed by atoms with Crippen molar-refractivity contribution in [2.75, 3.05) is 11.9 Å². The molecule has 0 aromatic heterocycles. The van der Waals surface area contributed by atoms with Gasteiger partial charge in [-0.3, -0.25) is 0 Å². The third kappa shape index (κ3) is 3.95. The van der Waals surface area contributed by atoms with Crippen LogP contribution in [0.15, 0.2) is 18.2 Å². The number of alkyl halides is 3. The number of anilines is 1. The molecule has 1 rings (SSSR count). The molecule has 1 aromatic rings. The number of hydrogen-bond donors (Lipinski definition) is 1. The monoisotopic (exact) mass is 256 g/mol. The molecule has 0 atom stereocenters. The summed E-state index contributed by atoms with van der Waals surface area (Å²) in [6.45, 7) is 6.20. The lowest BCUT2D eigenvalue weighted by molar-refractivity contribution is -0.137. The Hall–Kier alpha value is -1.70. The van der Waals surface area contributed by atoms with Crippen LogP contribution < -0.4 is 5.32 Å². The summed E-state index contributed by atoms with van der Waals surface area (Å²) in [5.41, 5.74) is -0.914. The van der Waals surface area contributed by atoms with Gasteiger partial charge in [0.25, 0.3) is 0 Å². The van der Waals surface area contributed by atoms with Crippen molar-refractivity contribution in [2.45, 2.75) is 26.9 Å². The summed E-state index contributed by atoms with van der Waals surface area (Å²) in [6, 6.07) is 5.25. The number of nitriles is 1. The maximum atomic E-state index is 12.8. The van der Waals surface area contributed by atoms with Gasteiger partial charge in [0.05, 0.1) is 17.2 Å². The molecule has 0 heterocycles. The summed E-state index contributed by atoms with van der Waals surface area (Å²) < 4.78 is 38.5. The first-order valence-corrected chi connectivity index (χ1v) is 5.49. The summed E-state index contributed by atoms with van der Waals surface area (Å²) in [4.78, 5) is 0. The maximum absolute atomic E-state index is 12.8. The second kappa shape index (κ2) is 4.89. The Balaban J connectivity index is 3.08. The van der Waals surface area contributed by atoms with Gasteiger partial charge >= 0.3 is 6.18 Å². The van der Waals surface area contributed by atoms with E-state index >= 15 is 0 Å². The zero-order valence-corrected chi connectivity index (χ0v) is 10.5. The van der Waals surface area contributed by atoms with Gasteiger partial charge < -0.3 is 5.32 Å². The van der Waals surface area contributed by atoms with Crippen LogP contribution in [0.1, 0.15) is 31.9 Å². The Morgan fingerprint density at radius 3 is 2.28 bits per heavy atom. The van der Waals surface area contributed by atoms with Crippen molar-refractivity contribution in [1.29, 1.82) is 5.26 Å². The van der Waals surface area contributed by atoms with Crippen molar-refractivity contribution < 1.29 is 13.2 Å². The molecule has 0 saturated heterocycles. The number of halogens is 3. The van der Waals surface area contributed by atoms with Gasteiger partial charge in [0.1, 0.15) is 0 Å². The Morgan fingerprint density at radius 1 is 1.22 bits per heavy atom. The van der Waals surface area contributed by atoms with Gasteiger partial charge in [-0.2, -0.15) is 18.4 Å². The predicted molar refractivity (Wildman–Crippen MR) is 64.1 cm³/mol. The summed E-state index contributed by atoms with van der Waals surface area (Å²) in [5.74, 6) is 0. The third-order valence-corrected chi connectivity index (χ3v) is 2.26. The van der Waals surface area contributed by atoms with E-state index in [1.54, 1.807) is 6.07 Å². The Kier molecular flexibility index (Phi) is 3.90. The molecule has 1 N–H and O–H groups in total. The molecular formula is C13H15F3N2. The van der Waals surface area contributed by atoms with Crippen molar-refractivity contribution >= 4 is 5.69 Å². The highest BCUT2D eigenvalue weighted by Crippen LogP contribution is 2.35. The largest absolute Gasteiger partial charge is 0.418 e. The van der Waals surface area contributed by atoms with E-state index in [1.165, 1.54) is 12.1 Å². The first-order valence-electron chi connectivity index (χ1n) is 5.49. The molecule has 0 amide bonds. The van der Waals surface area contributed by atoms with Crippen LogP contribution in [0.5, 0.6) is 0 Å². The van der Waals surface area contributed by atoms with Gasteiger partial charge in [0.2, 0.25) is 0 Å². The molecule has 0 aliphatic heterocycles. The van der Waals surface area contributed by atoms with Crippen LogP contribution >= 0.6 is 0 Å². The molecule has 5 heteroatoms. The van der Waals surface area contributed by atoms with Gasteiger partial charge in [0, 0.05) is 12.2 Å². The molecule has 0 spiro atoms. The minimum absolute atomic E-state index is 0.00336. The predicted octanol–water partition coefficient (Wildman–Crippen LogP) is 4.04. The first-order chi connectivity index (χ1) is 8.13. The molecule has 1 aromatic carbocycles. The SMILES string of the molecule is CC(C)(C)CNc1ccc(C#N)cc1C(F)(F)F. The van der Waals surface area contributed by atoms with Crippen molar-refractivity contribution in [1.82, 2.24) is 0 Å². The summed E-state index contributed by atoms with van der Waals surface area (Å²) >= 11 is 0. The number of rotatable bonds is 2. The number of nitrogens with one attached hydrogen (secondary N) is 1. The third-order valence-electron chi connectivity index (χ3n) is 2.26. The highest BCUT2D eigenvalue weighted by molar-refractivity contribution is 5.56. The average Bonchev–Trinajstić information content (AvgIpc) is 2.24. The molecule has 18 heavy (non-hydrogen) atoms. The molecule has 0 fully saturated rings. The fraction of sp³-hybridized carbons (Fsp3) is 0.462. The minimum Gasteiger partial charge on any atom is -0.384 e. The quantitative estimate of drug-likeness (QED) is 0.867. The first kappa shape index (κ1) is 14.4.